The van der Waals surface area contributed by atoms with Gasteiger partial charge in [0.1, 0.15) is 17.4 Å². The number of nitrogens with one attached hydrogen (secondary N) is 1. The lowest BCUT2D eigenvalue weighted by Gasteiger charge is -2.24. The maximum atomic E-state index is 12.4. The molecule has 168 valence electrons. The summed E-state index contributed by atoms with van der Waals surface area (Å²) in [7, 11) is 1.45. The van der Waals surface area contributed by atoms with Gasteiger partial charge in [0.05, 0.1) is 18.2 Å². The summed E-state index contributed by atoms with van der Waals surface area (Å²) in [6.45, 7) is 6.88. The van der Waals surface area contributed by atoms with Crippen molar-refractivity contribution in [1.29, 1.82) is 0 Å². The van der Waals surface area contributed by atoms with Crippen molar-refractivity contribution in [2.75, 3.05) is 7.11 Å². The van der Waals surface area contributed by atoms with Crippen LogP contribution in [0.5, 0.6) is 5.75 Å². The van der Waals surface area contributed by atoms with Gasteiger partial charge in [-0.2, -0.15) is 0 Å². The van der Waals surface area contributed by atoms with Gasteiger partial charge >= 0.3 is 18.0 Å². The molecular weight excluding hydrogens is 430 g/mol. The Balaban J connectivity index is 1.84. The summed E-state index contributed by atoms with van der Waals surface area (Å²) in [5.74, 6) is -1.27. The first kappa shape index (κ1) is 22.7. The van der Waals surface area contributed by atoms with E-state index in [9.17, 15) is 14.4 Å². The highest BCUT2D eigenvalue weighted by Gasteiger charge is 2.38. The third kappa shape index (κ3) is 5.04. The molecule has 1 amide bonds. The second-order valence-electron chi connectivity index (χ2n) is 8.24. The zero-order chi connectivity index (χ0) is 22.9. The van der Waals surface area contributed by atoms with Gasteiger partial charge in [-0.25, -0.2) is 19.3 Å². The quantitative estimate of drug-likeness (QED) is 0.546. The molecule has 10 heteroatoms. The molecule has 0 aromatic heterocycles. The average molecular weight is 454 g/mol. The van der Waals surface area contributed by atoms with Crippen molar-refractivity contribution in [1.82, 2.24) is 5.32 Å². The molecule has 0 aliphatic carbocycles. The standard InChI is InChI=1S/C21H24ClNO8/c1-10-12-7-6-11(8-14-13(27-5)9-15(24)28-14)16(22)18(12)30-31-19(25)17(10)23-20(26)29-21(2,3)4/h6-7,9-10,14,17H,8H2,1-5H3,(H,23,26). The van der Waals surface area contributed by atoms with Crippen molar-refractivity contribution in [3.8, 4) is 5.75 Å². The predicted molar refractivity (Wildman–Crippen MR) is 108 cm³/mol. The summed E-state index contributed by atoms with van der Waals surface area (Å²) in [6, 6.07) is 2.41. The highest BCUT2D eigenvalue weighted by atomic mass is 35.5. The molecule has 1 aromatic carbocycles. The van der Waals surface area contributed by atoms with Gasteiger partial charge in [-0.1, -0.05) is 30.7 Å². The van der Waals surface area contributed by atoms with Crippen molar-refractivity contribution < 1.29 is 38.4 Å². The fourth-order valence-electron chi connectivity index (χ4n) is 3.32. The van der Waals surface area contributed by atoms with E-state index in [2.05, 4.69) is 5.32 Å². The summed E-state index contributed by atoms with van der Waals surface area (Å²) in [5.41, 5.74) is 0.435. The molecule has 0 radical (unpaired) electrons. The molecule has 0 fully saturated rings. The first-order valence-electron chi connectivity index (χ1n) is 9.65. The Morgan fingerprint density at radius 3 is 2.58 bits per heavy atom. The van der Waals surface area contributed by atoms with Gasteiger partial charge in [-0.15, -0.1) is 0 Å². The number of hydrogen-bond acceptors (Lipinski definition) is 8. The molecule has 31 heavy (non-hydrogen) atoms. The average Bonchev–Trinajstić information content (AvgIpc) is 2.98. The van der Waals surface area contributed by atoms with Gasteiger partial charge in [0, 0.05) is 17.9 Å². The molecule has 0 saturated carbocycles. The van der Waals surface area contributed by atoms with Crippen LogP contribution in [0, 0.1) is 0 Å². The number of carbonyl (C=O) groups excluding carboxylic acids is 3. The van der Waals surface area contributed by atoms with E-state index in [4.69, 9.17) is 35.6 Å². The van der Waals surface area contributed by atoms with E-state index in [1.54, 1.807) is 39.8 Å². The molecule has 1 N–H and O–H groups in total. The molecule has 2 aliphatic heterocycles. The molecule has 0 spiro atoms. The maximum absolute atomic E-state index is 12.4. The molecule has 0 bridgehead atoms. The number of amides is 1. The van der Waals surface area contributed by atoms with Crippen molar-refractivity contribution in [2.24, 2.45) is 0 Å². The van der Waals surface area contributed by atoms with Crippen LogP contribution in [0.25, 0.3) is 0 Å². The molecule has 1 aromatic rings. The molecule has 3 atom stereocenters. The summed E-state index contributed by atoms with van der Waals surface area (Å²) in [6.07, 6.45) is 0.132. The largest absolute Gasteiger partial charge is 0.497 e. The van der Waals surface area contributed by atoms with Crippen LogP contribution < -0.4 is 10.2 Å². The first-order valence-corrected chi connectivity index (χ1v) is 10.0. The first-order chi connectivity index (χ1) is 14.5. The normalized spacial score (nSPS) is 22.9. The number of carbonyl (C=O) groups is 3. The number of halogens is 1. The Bertz CT molecular complexity index is 936. The molecule has 3 unspecified atom stereocenters. The Morgan fingerprint density at radius 1 is 1.23 bits per heavy atom. The summed E-state index contributed by atoms with van der Waals surface area (Å²) < 4.78 is 15.6. The van der Waals surface area contributed by atoms with E-state index >= 15 is 0 Å². The number of ether oxygens (including phenoxy) is 3. The fraction of sp³-hybridized carbons (Fsp3) is 0.476. The third-order valence-corrected chi connectivity index (χ3v) is 5.22. The zero-order valence-electron chi connectivity index (χ0n) is 17.8. The molecule has 2 heterocycles. The lowest BCUT2D eigenvalue weighted by Crippen LogP contribution is -2.46. The van der Waals surface area contributed by atoms with Gasteiger partial charge in [0.25, 0.3) is 0 Å². The maximum Gasteiger partial charge on any atom is 0.408 e. The minimum atomic E-state index is -1.04. The van der Waals surface area contributed by atoms with Gasteiger partial charge < -0.3 is 19.5 Å². The van der Waals surface area contributed by atoms with Crippen molar-refractivity contribution >= 4 is 29.6 Å². The van der Waals surface area contributed by atoms with Crippen molar-refractivity contribution in [3.05, 3.63) is 40.1 Å². The summed E-state index contributed by atoms with van der Waals surface area (Å²) in [4.78, 5) is 46.3. The van der Waals surface area contributed by atoms with Gasteiger partial charge in [-0.05, 0) is 26.3 Å². The number of hydrogen-bond donors (Lipinski definition) is 1. The number of esters is 1. The molecule has 0 saturated heterocycles. The second-order valence-corrected chi connectivity index (χ2v) is 8.61. The van der Waals surface area contributed by atoms with Crippen LogP contribution in [0.3, 0.4) is 0 Å². The van der Waals surface area contributed by atoms with Crippen LogP contribution in [0.1, 0.15) is 44.7 Å². The second kappa shape index (κ2) is 8.66. The molecular formula is C21H24ClNO8. The van der Waals surface area contributed by atoms with Crippen LogP contribution in [0.2, 0.25) is 5.02 Å². The molecule has 3 rings (SSSR count). The monoisotopic (exact) mass is 453 g/mol. The van der Waals surface area contributed by atoms with Crippen LogP contribution in [-0.2, 0) is 35.1 Å². The number of rotatable bonds is 4. The van der Waals surface area contributed by atoms with Crippen LogP contribution in [0.4, 0.5) is 4.79 Å². The van der Waals surface area contributed by atoms with E-state index in [1.165, 1.54) is 13.2 Å². The Hall–Kier alpha value is -2.94. The Labute approximate surface area is 184 Å². The van der Waals surface area contributed by atoms with E-state index in [0.717, 1.165) is 0 Å². The van der Waals surface area contributed by atoms with Crippen LogP contribution >= 0.6 is 11.6 Å². The van der Waals surface area contributed by atoms with Gasteiger partial charge in [-0.3, -0.25) is 4.89 Å². The van der Waals surface area contributed by atoms with Crippen molar-refractivity contribution in [3.63, 3.8) is 0 Å². The molecule has 9 nitrogen and oxygen atoms in total. The molecule has 2 aliphatic rings. The number of fused-ring (bicyclic) bond motifs is 1. The van der Waals surface area contributed by atoms with E-state index < -0.39 is 41.7 Å². The van der Waals surface area contributed by atoms with Gasteiger partial charge in [0.2, 0.25) is 5.75 Å². The zero-order valence-corrected chi connectivity index (χ0v) is 18.6. The number of methoxy groups -OCH3 is 1. The summed E-state index contributed by atoms with van der Waals surface area (Å²) in [5, 5.41) is 2.73. The number of alkyl carbamates (subject to hydrolysis) is 1. The SMILES string of the molecule is COC1=CC(=O)OC1Cc1ccc2c(c1Cl)OOC(=O)C(NC(=O)OC(C)(C)C)C2C. The Morgan fingerprint density at radius 2 is 1.94 bits per heavy atom. The predicted octanol–water partition coefficient (Wildman–Crippen LogP) is 3.19. The third-order valence-electron chi connectivity index (χ3n) is 4.81. The van der Waals surface area contributed by atoms with Gasteiger partial charge in [0.15, 0.2) is 6.10 Å². The van der Waals surface area contributed by atoms with E-state index in [1.807, 2.05) is 0 Å². The fourth-order valence-corrected chi connectivity index (χ4v) is 3.60. The minimum Gasteiger partial charge on any atom is -0.497 e. The lowest BCUT2D eigenvalue weighted by molar-refractivity contribution is -0.214. The minimum absolute atomic E-state index is 0.153. The van der Waals surface area contributed by atoms with E-state index in [-0.39, 0.29) is 17.2 Å². The highest BCUT2D eigenvalue weighted by Crippen LogP contribution is 2.41. The Kier molecular flexibility index (Phi) is 6.35. The van der Waals surface area contributed by atoms with E-state index in [0.29, 0.717) is 16.9 Å². The smallest absolute Gasteiger partial charge is 0.408 e. The van der Waals surface area contributed by atoms with Crippen LogP contribution in [0.15, 0.2) is 24.0 Å². The highest BCUT2D eigenvalue weighted by molar-refractivity contribution is 6.33. The van der Waals surface area contributed by atoms with Crippen molar-refractivity contribution in [2.45, 2.75) is 57.8 Å². The number of benzene rings is 1. The summed E-state index contributed by atoms with van der Waals surface area (Å²) >= 11 is 6.53. The topological polar surface area (TPSA) is 109 Å². The number of cyclic esters (lactones) is 1. The lowest BCUT2D eigenvalue weighted by atomic mass is 9.91. The van der Waals surface area contributed by atoms with Crippen LogP contribution in [-0.4, -0.2) is 42.9 Å².